The third kappa shape index (κ3) is 5.69. The first-order valence-electron chi connectivity index (χ1n) is 8.41. The predicted molar refractivity (Wildman–Crippen MR) is 94.5 cm³/mol. The summed E-state index contributed by atoms with van der Waals surface area (Å²) in [6.07, 6.45) is 2.73. The van der Waals surface area contributed by atoms with Gasteiger partial charge in [0.2, 0.25) is 0 Å². The zero-order chi connectivity index (χ0) is 18.2. The van der Waals surface area contributed by atoms with E-state index in [0.29, 0.717) is 30.1 Å². The van der Waals surface area contributed by atoms with Gasteiger partial charge in [-0.2, -0.15) is 0 Å². The molecule has 0 saturated heterocycles. The smallest absolute Gasteiger partial charge is 0.133 e. The van der Waals surface area contributed by atoms with E-state index in [1.54, 1.807) is 30.5 Å². The molecule has 2 atom stereocenters. The summed E-state index contributed by atoms with van der Waals surface area (Å²) in [6, 6.07) is 8.75. The highest BCUT2D eigenvalue weighted by atomic mass is 16.4. The van der Waals surface area contributed by atoms with Gasteiger partial charge >= 0.3 is 0 Å². The lowest BCUT2D eigenvalue weighted by atomic mass is 9.96. The molecule has 2 aromatic rings. The van der Waals surface area contributed by atoms with Crippen LogP contribution in [0.3, 0.4) is 0 Å². The van der Waals surface area contributed by atoms with Gasteiger partial charge < -0.3 is 19.7 Å². The Morgan fingerprint density at radius 3 is 2.60 bits per heavy atom. The Morgan fingerprint density at radius 2 is 2.00 bits per heavy atom. The fourth-order valence-electron chi connectivity index (χ4n) is 2.42. The topological polar surface area (TPSA) is 86.7 Å². The first kappa shape index (κ1) is 19.2. The van der Waals surface area contributed by atoms with E-state index in [-0.39, 0.29) is 12.5 Å². The van der Waals surface area contributed by atoms with Crippen LogP contribution in [-0.2, 0) is 6.61 Å². The highest BCUT2D eigenvalue weighted by Gasteiger charge is 2.14. The number of pyridine rings is 1. The predicted octanol–water partition coefficient (Wildman–Crippen LogP) is 3.45. The number of furan rings is 1. The quantitative estimate of drug-likeness (QED) is 0.639. The largest absolute Gasteiger partial charge is 0.461 e. The van der Waals surface area contributed by atoms with Gasteiger partial charge in [-0.15, -0.1) is 5.73 Å². The zero-order valence-electron chi connectivity index (χ0n) is 14.6. The summed E-state index contributed by atoms with van der Waals surface area (Å²) >= 11 is 0. The third-order valence-electron chi connectivity index (χ3n) is 3.93. The van der Waals surface area contributed by atoms with Crippen molar-refractivity contribution in [3.8, 4) is 0 Å². The van der Waals surface area contributed by atoms with E-state index >= 15 is 0 Å². The molecule has 0 aliphatic rings. The molecule has 0 saturated carbocycles. The van der Waals surface area contributed by atoms with Crippen molar-refractivity contribution in [2.45, 2.75) is 45.5 Å². The molecule has 3 N–H and O–H groups in total. The summed E-state index contributed by atoms with van der Waals surface area (Å²) in [4.78, 5) is 4.18. The molecule has 134 valence electrons. The third-order valence-corrected chi connectivity index (χ3v) is 3.93. The van der Waals surface area contributed by atoms with Crippen LogP contribution in [0.1, 0.15) is 56.1 Å². The Balaban J connectivity index is 2.04. The van der Waals surface area contributed by atoms with Crippen molar-refractivity contribution < 1.29 is 19.7 Å². The number of hydrogen-bond donors (Lipinski definition) is 3. The first-order valence-corrected chi connectivity index (χ1v) is 8.41. The molecule has 2 rings (SSSR count). The van der Waals surface area contributed by atoms with Gasteiger partial charge in [0.25, 0.3) is 0 Å². The lowest BCUT2D eigenvalue weighted by Crippen LogP contribution is -2.04. The van der Waals surface area contributed by atoms with Gasteiger partial charge in [0.05, 0.1) is 5.69 Å². The summed E-state index contributed by atoms with van der Waals surface area (Å²) in [7, 11) is 0. The van der Waals surface area contributed by atoms with E-state index in [9.17, 15) is 10.2 Å². The maximum Gasteiger partial charge on any atom is 0.133 e. The minimum atomic E-state index is -0.790. The molecule has 25 heavy (non-hydrogen) atoms. The van der Waals surface area contributed by atoms with E-state index in [0.717, 1.165) is 5.57 Å². The summed E-state index contributed by atoms with van der Waals surface area (Å²) in [5.74, 6) is 1.06. The Kier molecular flexibility index (Phi) is 7.16. The van der Waals surface area contributed by atoms with Crippen LogP contribution < -0.4 is 0 Å². The molecule has 2 aromatic heterocycles. The fraction of sp³-hybridized carbons (Fsp3) is 0.400. The van der Waals surface area contributed by atoms with Gasteiger partial charge in [-0.3, -0.25) is 4.98 Å². The maximum atomic E-state index is 10.3. The molecule has 0 aromatic carbocycles. The second kappa shape index (κ2) is 9.35. The van der Waals surface area contributed by atoms with Crippen molar-refractivity contribution in [1.29, 1.82) is 0 Å². The molecule has 0 aliphatic heterocycles. The van der Waals surface area contributed by atoms with Gasteiger partial charge in [-0.05, 0) is 41.8 Å². The Hall–Kier alpha value is -2.17. The van der Waals surface area contributed by atoms with Crippen LogP contribution in [-0.4, -0.2) is 20.3 Å². The van der Waals surface area contributed by atoms with E-state index in [2.05, 4.69) is 10.7 Å². The standard InChI is InChI=1S/C20H25NO4/c1-14(2)15(12-19(24)17-7-3-4-11-21-17)6-5-8-18(23)20-10-9-16(13-22)25-20/h3-5,7,9-11,14,18-19,22-24H,8,12-13H2,1-2H3/t6?,18-,19-/m0/s1. The number of aliphatic hydroxyl groups excluding tert-OH is 3. The second-order valence-electron chi connectivity index (χ2n) is 6.22. The molecular weight excluding hydrogens is 318 g/mol. The summed E-state index contributed by atoms with van der Waals surface area (Å²) < 4.78 is 5.32. The number of aliphatic hydroxyl groups is 3. The SMILES string of the molecule is CC(C)C(=C=CC[C@H](O)c1ccc(CO)o1)C[C@H](O)c1ccccn1. The molecule has 0 fully saturated rings. The fourth-order valence-corrected chi connectivity index (χ4v) is 2.42. The van der Waals surface area contributed by atoms with Crippen LogP contribution in [0.25, 0.3) is 0 Å². The summed E-state index contributed by atoms with van der Waals surface area (Å²) in [5, 5.41) is 29.4. The second-order valence-corrected chi connectivity index (χ2v) is 6.22. The van der Waals surface area contributed by atoms with Crippen LogP contribution in [0.15, 0.2) is 58.3 Å². The van der Waals surface area contributed by atoms with Gasteiger partial charge in [0.15, 0.2) is 0 Å². The number of nitrogens with zero attached hydrogens (tertiary/aromatic N) is 1. The van der Waals surface area contributed by atoms with Crippen molar-refractivity contribution in [1.82, 2.24) is 4.98 Å². The van der Waals surface area contributed by atoms with Crippen molar-refractivity contribution in [2.75, 3.05) is 0 Å². The Bertz CT molecular complexity index is 714. The van der Waals surface area contributed by atoms with Crippen LogP contribution >= 0.6 is 0 Å². The lowest BCUT2D eigenvalue weighted by molar-refractivity contribution is 0.145. The van der Waals surface area contributed by atoms with Gasteiger partial charge in [-0.1, -0.05) is 19.9 Å². The van der Waals surface area contributed by atoms with Gasteiger partial charge in [0.1, 0.15) is 30.3 Å². The first-order chi connectivity index (χ1) is 12.0. The summed E-state index contributed by atoms with van der Waals surface area (Å²) in [5.41, 5.74) is 4.79. The van der Waals surface area contributed by atoms with Gasteiger partial charge in [0, 0.05) is 19.0 Å². The van der Waals surface area contributed by atoms with Crippen LogP contribution in [0.4, 0.5) is 0 Å². The molecule has 0 radical (unpaired) electrons. The van der Waals surface area contributed by atoms with Crippen molar-refractivity contribution in [3.05, 3.63) is 71.1 Å². The van der Waals surface area contributed by atoms with Crippen molar-refractivity contribution >= 4 is 0 Å². The number of hydrogen-bond acceptors (Lipinski definition) is 5. The van der Waals surface area contributed by atoms with Crippen LogP contribution in [0.5, 0.6) is 0 Å². The average Bonchev–Trinajstić information content (AvgIpc) is 3.10. The van der Waals surface area contributed by atoms with E-state index in [4.69, 9.17) is 9.52 Å². The molecule has 0 amide bonds. The van der Waals surface area contributed by atoms with Gasteiger partial charge in [-0.25, -0.2) is 0 Å². The zero-order valence-corrected chi connectivity index (χ0v) is 14.6. The highest BCUT2D eigenvalue weighted by Crippen LogP contribution is 2.24. The number of aromatic nitrogens is 1. The molecule has 2 heterocycles. The average molecular weight is 343 g/mol. The molecule has 0 unspecified atom stereocenters. The maximum absolute atomic E-state index is 10.3. The normalized spacial score (nSPS) is 13.4. The van der Waals surface area contributed by atoms with E-state index < -0.39 is 12.2 Å². The molecule has 0 aliphatic carbocycles. The molecule has 0 bridgehead atoms. The minimum Gasteiger partial charge on any atom is -0.461 e. The molecule has 0 spiro atoms. The van der Waals surface area contributed by atoms with E-state index in [1.165, 1.54) is 0 Å². The van der Waals surface area contributed by atoms with Crippen molar-refractivity contribution in [3.63, 3.8) is 0 Å². The Morgan fingerprint density at radius 1 is 1.20 bits per heavy atom. The monoisotopic (exact) mass is 343 g/mol. The molecule has 5 heteroatoms. The van der Waals surface area contributed by atoms with Crippen molar-refractivity contribution in [2.24, 2.45) is 5.92 Å². The molecular formula is C20H25NO4. The van der Waals surface area contributed by atoms with Crippen LogP contribution in [0, 0.1) is 5.92 Å². The highest BCUT2D eigenvalue weighted by molar-refractivity contribution is 5.14. The number of rotatable bonds is 8. The molecule has 5 nitrogen and oxygen atoms in total. The minimum absolute atomic E-state index is 0.189. The Labute approximate surface area is 148 Å². The van der Waals surface area contributed by atoms with Crippen LogP contribution in [0.2, 0.25) is 0 Å². The van der Waals surface area contributed by atoms with E-state index in [1.807, 2.05) is 26.0 Å². The lowest BCUT2D eigenvalue weighted by Gasteiger charge is -2.14. The summed E-state index contributed by atoms with van der Waals surface area (Å²) in [6.45, 7) is 3.89.